The number of aryl methyl sites for hydroxylation is 2. The lowest BCUT2D eigenvalue weighted by atomic mass is 10.1. The van der Waals surface area contributed by atoms with Gasteiger partial charge in [0.15, 0.2) is 5.96 Å². The molecule has 1 aromatic carbocycles. The number of guanidine groups is 1. The van der Waals surface area contributed by atoms with Crippen molar-refractivity contribution in [2.24, 2.45) is 4.99 Å². The largest absolute Gasteiger partial charge is 0.507 e. The van der Waals surface area contributed by atoms with Crippen molar-refractivity contribution in [2.75, 3.05) is 46.9 Å². The van der Waals surface area contributed by atoms with Crippen LogP contribution in [0.3, 0.4) is 0 Å². The molecule has 1 aromatic rings. The van der Waals surface area contributed by atoms with Gasteiger partial charge in [0.05, 0.1) is 6.54 Å². The minimum Gasteiger partial charge on any atom is -0.507 e. The van der Waals surface area contributed by atoms with Gasteiger partial charge in [-0.15, -0.1) is 0 Å². The molecule has 6 nitrogen and oxygen atoms in total. The summed E-state index contributed by atoms with van der Waals surface area (Å²) in [5, 5.41) is 16.5. The first-order chi connectivity index (χ1) is 12.0. The van der Waals surface area contributed by atoms with Crippen LogP contribution in [-0.4, -0.2) is 62.9 Å². The van der Waals surface area contributed by atoms with Gasteiger partial charge in [-0.25, -0.2) is 4.99 Å². The monoisotopic (exact) mass is 350 g/mol. The Balaban J connectivity index is 2.51. The molecule has 0 saturated carbocycles. The Morgan fingerprint density at radius 2 is 1.88 bits per heavy atom. The first-order valence-electron chi connectivity index (χ1n) is 8.96. The van der Waals surface area contributed by atoms with Gasteiger partial charge in [0.2, 0.25) is 0 Å². The Morgan fingerprint density at radius 3 is 2.48 bits per heavy atom. The van der Waals surface area contributed by atoms with Gasteiger partial charge in [-0.1, -0.05) is 12.1 Å². The lowest BCUT2D eigenvalue weighted by Gasteiger charge is -2.18. The minimum atomic E-state index is 0.370. The van der Waals surface area contributed by atoms with Crippen molar-refractivity contribution in [1.29, 1.82) is 0 Å². The molecular weight excluding hydrogens is 316 g/mol. The number of hydrogen-bond donors (Lipinski definition) is 3. The predicted molar refractivity (Wildman–Crippen MR) is 104 cm³/mol. The molecule has 142 valence electrons. The first kappa shape index (κ1) is 21.3. The second kappa shape index (κ2) is 11.7. The quantitative estimate of drug-likeness (QED) is 0.342. The topological polar surface area (TPSA) is 69.1 Å². The zero-order chi connectivity index (χ0) is 18.7. The van der Waals surface area contributed by atoms with E-state index in [0.717, 1.165) is 61.9 Å². The number of aliphatic imine (C=N–C) groups is 1. The number of phenolic OH excluding ortho intramolecular Hbond substituents is 1. The van der Waals surface area contributed by atoms with Gasteiger partial charge in [-0.2, -0.15) is 0 Å². The molecular formula is C19H34N4O2. The number of methoxy groups -OCH3 is 1. The SMILES string of the molecule is CCNC(=NCc1cc(C)c(O)c(C)c1)NCCN(C)CCCOC. The first-order valence-corrected chi connectivity index (χ1v) is 8.96. The molecule has 6 heteroatoms. The minimum absolute atomic E-state index is 0.370. The molecule has 0 heterocycles. The van der Waals surface area contributed by atoms with Crippen LogP contribution in [0.2, 0.25) is 0 Å². The van der Waals surface area contributed by atoms with Gasteiger partial charge in [0, 0.05) is 39.9 Å². The zero-order valence-electron chi connectivity index (χ0n) is 16.4. The molecule has 0 aromatic heterocycles. The van der Waals surface area contributed by atoms with Gasteiger partial charge in [0.25, 0.3) is 0 Å². The van der Waals surface area contributed by atoms with Crippen LogP contribution in [0.1, 0.15) is 30.0 Å². The summed E-state index contributed by atoms with van der Waals surface area (Å²) in [6.07, 6.45) is 1.04. The molecule has 0 atom stereocenters. The molecule has 25 heavy (non-hydrogen) atoms. The van der Waals surface area contributed by atoms with E-state index in [-0.39, 0.29) is 0 Å². The molecule has 0 saturated heterocycles. The molecule has 0 aliphatic heterocycles. The highest BCUT2D eigenvalue weighted by atomic mass is 16.5. The number of ether oxygens (including phenoxy) is 1. The fourth-order valence-electron chi connectivity index (χ4n) is 2.60. The fourth-order valence-corrected chi connectivity index (χ4v) is 2.60. The van der Waals surface area contributed by atoms with E-state index in [1.165, 1.54) is 0 Å². The van der Waals surface area contributed by atoms with E-state index in [0.29, 0.717) is 12.3 Å². The number of aromatic hydroxyl groups is 1. The Hall–Kier alpha value is -1.79. The fraction of sp³-hybridized carbons (Fsp3) is 0.632. The molecule has 3 N–H and O–H groups in total. The predicted octanol–water partition coefficient (Wildman–Crippen LogP) is 2.03. The van der Waals surface area contributed by atoms with Crippen LogP contribution in [0.15, 0.2) is 17.1 Å². The van der Waals surface area contributed by atoms with Crippen LogP contribution >= 0.6 is 0 Å². The molecule has 0 fully saturated rings. The number of nitrogens with zero attached hydrogens (tertiary/aromatic N) is 2. The summed E-state index contributed by atoms with van der Waals surface area (Å²) in [7, 11) is 3.85. The highest BCUT2D eigenvalue weighted by Gasteiger charge is 2.04. The van der Waals surface area contributed by atoms with Gasteiger partial charge >= 0.3 is 0 Å². The molecule has 0 aliphatic rings. The van der Waals surface area contributed by atoms with Crippen molar-refractivity contribution >= 4 is 5.96 Å². The van der Waals surface area contributed by atoms with Crippen LogP contribution in [0.5, 0.6) is 5.75 Å². The molecule has 0 unspecified atom stereocenters. The Kier molecular flexibility index (Phi) is 9.96. The molecule has 0 aliphatic carbocycles. The van der Waals surface area contributed by atoms with E-state index in [1.807, 2.05) is 26.0 Å². The van der Waals surface area contributed by atoms with Crippen molar-refractivity contribution in [1.82, 2.24) is 15.5 Å². The van der Waals surface area contributed by atoms with Crippen molar-refractivity contribution in [3.8, 4) is 5.75 Å². The van der Waals surface area contributed by atoms with E-state index < -0.39 is 0 Å². The summed E-state index contributed by atoms with van der Waals surface area (Å²) in [5.74, 6) is 1.19. The van der Waals surface area contributed by atoms with Gasteiger partial charge < -0.3 is 25.4 Å². The van der Waals surface area contributed by atoms with Gasteiger partial charge in [-0.05, 0) is 50.9 Å². The second-order valence-corrected chi connectivity index (χ2v) is 6.35. The number of hydrogen-bond acceptors (Lipinski definition) is 4. The number of likely N-dealkylation sites (N-methyl/N-ethyl adjacent to an activating group) is 1. The average molecular weight is 351 g/mol. The van der Waals surface area contributed by atoms with E-state index in [2.05, 4.69) is 34.5 Å². The highest BCUT2D eigenvalue weighted by molar-refractivity contribution is 5.79. The summed E-state index contributed by atoms with van der Waals surface area (Å²) in [5.41, 5.74) is 2.88. The molecule has 0 bridgehead atoms. The van der Waals surface area contributed by atoms with Crippen LogP contribution in [0.4, 0.5) is 0 Å². The van der Waals surface area contributed by atoms with E-state index >= 15 is 0 Å². The third-order valence-corrected chi connectivity index (χ3v) is 3.99. The molecule has 0 radical (unpaired) electrons. The maximum atomic E-state index is 9.86. The third-order valence-electron chi connectivity index (χ3n) is 3.99. The maximum Gasteiger partial charge on any atom is 0.191 e. The summed E-state index contributed by atoms with van der Waals surface area (Å²) in [4.78, 5) is 6.92. The van der Waals surface area contributed by atoms with Crippen LogP contribution < -0.4 is 10.6 Å². The smallest absolute Gasteiger partial charge is 0.191 e. The zero-order valence-corrected chi connectivity index (χ0v) is 16.4. The number of nitrogens with one attached hydrogen (secondary N) is 2. The standard InChI is InChI=1S/C19H34N4O2/c1-6-20-19(21-8-10-23(4)9-7-11-25-5)22-14-17-12-15(2)18(24)16(3)13-17/h12-13,24H,6-11,14H2,1-5H3,(H2,20,21,22). The van der Waals surface area contributed by atoms with Gasteiger partial charge in [-0.3, -0.25) is 0 Å². The Labute approximate surface area is 152 Å². The Bertz CT molecular complexity index is 523. The normalized spacial score (nSPS) is 11.8. The average Bonchev–Trinajstić information content (AvgIpc) is 2.57. The number of rotatable bonds is 10. The number of benzene rings is 1. The summed E-state index contributed by atoms with van der Waals surface area (Å²) in [6, 6.07) is 3.97. The van der Waals surface area contributed by atoms with Crippen molar-refractivity contribution in [2.45, 2.75) is 33.7 Å². The Morgan fingerprint density at radius 1 is 1.20 bits per heavy atom. The summed E-state index contributed by atoms with van der Waals surface area (Å²) < 4.78 is 5.08. The van der Waals surface area contributed by atoms with E-state index in [1.54, 1.807) is 7.11 Å². The number of phenols is 1. The van der Waals surface area contributed by atoms with Gasteiger partial charge in [0.1, 0.15) is 5.75 Å². The van der Waals surface area contributed by atoms with Crippen molar-refractivity contribution in [3.63, 3.8) is 0 Å². The van der Waals surface area contributed by atoms with Crippen molar-refractivity contribution in [3.05, 3.63) is 28.8 Å². The third kappa shape index (κ3) is 8.23. The van der Waals surface area contributed by atoms with Crippen LogP contribution in [0.25, 0.3) is 0 Å². The van der Waals surface area contributed by atoms with Crippen LogP contribution in [0, 0.1) is 13.8 Å². The van der Waals surface area contributed by atoms with E-state index in [4.69, 9.17) is 4.74 Å². The molecule has 1 rings (SSSR count). The summed E-state index contributed by atoms with van der Waals surface area (Å²) >= 11 is 0. The summed E-state index contributed by atoms with van der Waals surface area (Å²) in [6.45, 7) is 10.9. The lowest BCUT2D eigenvalue weighted by Crippen LogP contribution is -2.41. The van der Waals surface area contributed by atoms with Crippen molar-refractivity contribution < 1.29 is 9.84 Å². The second-order valence-electron chi connectivity index (χ2n) is 6.35. The molecule has 0 amide bonds. The highest BCUT2D eigenvalue weighted by Crippen LogP contribution is 2.23. The lowest BCUT2D eigenvalue weighted by molar-refractivity contribution is 0.180. The maximum absolute atomic E-state index is 9.86. The van der Waals surface area contributed by atoms with E-state index in [9.17, 15) is 5.11 Å². The van der Waals surface area contributed by atoms with Crippen LogP contribution in [-0.2, 0) is 11.3 Å². The molecule has 0 spiro atoms.